The van der Waals surface area contributed by atoms with Gasteiger partial charge >= 0.3 is 0 Å². The number of amides is 4. The lowest BCUT2D eigenvalue weighted by Gasteiger charge is -2.49. The van der Waals surface area contributed by atoms with Gasteiger partial charge in [0.25, 0.3) is 0 Å². The number of phenolic OH excluding ortho intramolecular Hbond substituents is 1. The number of para-hydroxylation sites is 2. The molecule has 1 saturated carbocycles. The standard InChI is InChI=1S/C39H32FN3O5/c1-39-30(36(46)43(38(39)48)25-10-6-3-7-11-25)21-29-27(34(39)22-12-19-32(44)31(40)20-22)17-18-28-33(29)37(47)42(35(28)45)26-15-13-24(14-16-26)41-23-8-4-2-5-9-23/h2-17,19-20,28-30,33-34,41,44H,18,21H2,1H3. The first kappa shape index (κ1) is 29.8. The predicted octanol–water partition coefficient (Wildman–Crippen LogP) is 6.71. The van der Waals surface area contributed by atoms with Crippen molar-refractivity contribution in [3.05, 3.63) is 126 Å². The Bertz CT molecular complexity index is 2010. The van der Waals surface area contributed by atoms with Gasteiger partial charge in [0.15, 0.2) is 11.6 Å². The first-order valence-corrected chi connectivity index (χ1v) is 16.1. The molecule has 2 aliphatic carbocycles. The maximum Gasteiger partial charge on any atom is 0.241 e. The third-order valence-electron chi connectivity index (χ3n) is 10.8. The highest BCUT2D eigenvalue weighted by atomic mass is 19.1. The molecule has 2 saturated heterocycles. The number of hydrogen-bond acceptors (Lipinski definition) is 6. The van der Waals surface area contributed by atoms with Crippen LogP contribution in [-0.4, -0.2) is 28.7 Å². The van der Waals surface area contributed by atoms with Gasteiger partial charge in [-0.25, -0.2) is 9.29 Å². The summed E-state index contributed by atoms with van der Waals surface area (Å²) in [7, 11) is 0. The van der Waals surface area contributed by atoms with Crippen LogP contribution < -0.4 is 15.1 Å². The number of anilines is 4. The van der Waals surface area contributed by atoms with Crippen LogP contribution in [0.25, 0.3) is 0 Å². The number of allylic oxidation sites excluding steroid dienone is 2. The Labute approximate surface area is 276 Å². The molecule has 4 aromatic rings. The van der Waals surface area contributed by atoms with Crippen LogP contribution in [0.2, 0.25) is 0 Å². The van der Waals surface area contributed by atoms with Crippen LogP contribution in [0.5, 0.6) is 5.75 Å². The number of nitrogens with zero attached hydrogens (tertiary/aromatic N) is 2. The van der Waals surface area contributed by atoms with Crippen molar-refractivity contribution < 1.29 is 28.7 Å². The maximum atomic E-state index is 14.9. The van der Waals surface area contributed by atoms with Crippen molar-refractivity contribution in [2.75, 3.05) is 15.1 Å². The summed E-state index contributed by atoms with van der Waals surface area (Å²) in [6, 6.07) is 29.5. The summed E-state index contributed by atoms with van der Waals surface area (Å²) >= 11 is 0. The molecule has 8 rings (SSSR count). The highest BCUT2D eigenvalue weighted by Gasteiger charge is 2.67. The molecule has 0 spiro atoms. The van der Waals surface area contributed by atoms with E-state index in [2.05, 4.69) is 5.32 Å². The van der Waals surface area contributed by atoms with E-state index in [9.17, 15) is 28.7 Å². The minimum Gasteiger partial charge on any atom is -0.505 e. The number of benzene rings is 4. The fraction of sp³-hybridized carbons (Fsp3) is 0.231. The number of imide groups is 2. The third kappa shape index (κ3) is 4.33. The van der Waals surface area contributed by atoms with Gasteiger partial charge in [0.2, 0.25) is 23.6 Å². The predicted molar refractivity (Wildman–Crippen MR) is 178 cm³/mol. The van der Waals surface area contributed by atoms with E-state index < -0.39 is 52.5 Å². The number of fused-ring (bicyclic) bond motifs is 4. The van der Waals surface area contributed by atoms with Crippen LogP contribution in [0, 0.1) is 34.9 Å². The molecule has 0 radical (unpaired) electrons. The summed E-state index contributed by atoms with van der Waals surface area (Å²) in [4.78, 5) is 59.4. The second-order valence-electron chi connectivity index (χ2n) is 13.3. The highest BCUT2D eigenvalue weighted by molar-refractivity contribution is 6.25. The molecule has 6 unspecified atom stereocenters. The average molecular weight is 642 g/mol. The minimum absolute atomic E-state index is 0.196. The zero-order valence-electron chi connectivity index (χ0n) is 26.0. The number of hydrogen-bond donors (Lipinski definition) is 2. The van der Waals surface area contributed by atoms with Crippen LogP contribution in [0.3, 0.4) is 0 Å². The SMILES string of the molecule is CC12C(=O)N(c3ccccc3)C(=O)C1CC1C(=CCC3C(=O)N(c4ccc(Nc5ccccc5)cc4)C(=O)C31)C2c1ccc(O)c(F)c1. The van der Waals surface area contributed by atoms with Crippen LogP contribution in [0.4, 0.5) is 27.1 Å². The van der Waals surface area contributed by atoms with Gasteiger partial charge in [0, 0.05) is 17.3 Å². The second kappa shape index (κ2) is 11.0. The number of aromatic hydroxyl groups is 1. The topological polar surface area (TPSA) is 107 Å². The first-order valence-electron chi connectivity index (χ1n) is 16.1. The van der Waals surface area contributed by atoms with Crippen molar-refractivity contribution in [1.82, 2.24) is 0 Å². The Morgan fingerprint density at radius 3 is 2.08 bits per heavy atom. The number of carbonyl (C=O) groups is 4. The fourth-order valence-electron chi connectivity index (χ4n) is 8.56. The van der Waals surface area contributed by atoms with Crippen molar-refractivity contribution in [2.24, 2.45) is 29.1 Å². The Morgan fingerprint density at radius 2 is 1.40 bits per heavy atom. The van der Waals surface area contributed by atoms with Crippen LogP contribution in [0.1, 0.15) is 31.2 Å². The van der Waals surface area contributed by atoms with Gasteiger partial charge in [0.05, 0.1) is 34.5 Å². The molecule has 0 bridgehead atoms. The van der Waals surface area contributed by atoms with Gasteiger partial charge in [-0.05, 0) is 91.9 Å². The van der Waals surface area contributed by atoms with Gasteiger partial charge < -0.3 is 10.4 Å². The number of carbonyl (C=O) groups excluding carboxylic acids is 4. The highest BCUT2D eigenvalue weighted by Crippen LogP contribution is 2.63. The largest absolute Gasteiger partial charge is 0.505 e. The van der Waals surface area contributed by atoms with Crippen molar-refractivity contribution in [2.45, 2.75) is 25.7 Å². The minimum atomic E-state index is -1.29. The van der Waals surface area contributed by atoms with Gasteiger partial charge in [-0.1, -0.05) is 54.1 Å². The summed E-state index contributed by atoms with van der Waals surface area (Å²) < 4.78 is 14.9. The van der Waals surface area contributed by atoms with E-state index in [1.54, 1.807) is 55.5 Å². The van der Waals surface area contributed by atoms with E-state index in [1.807, 2.05) is 48.5 Å². The third-order valence-corrected chi connectivity index (χ3v) is 10.8. The van der Waals surface area contributed by atoms with Gasteiger partial charge in [-0.2, -0.15) is 0 Å². The van der Waals surface area contributed by atoms with Crippen molar-refractivity contribution in [3.8, 4) is 5.75 Å². The van der Waals surface area contributed by atoms with Gasteiger partial charge in [-0.15, -0.1) is 0 Å². The Morgan fingerprint density at radius 1 is 0.750 bits per heavy atom. The number of halogens is 1. The molecule has 9 heteroatoms. The monoisotopic (exact) mass is 641 g/mol. The average Bonchev–Trinajstić information content (AvgIpc) is 3.46. The molecule has 2 heterocycles. The second-order valence-corrected chi connectivity index (χ2v) is 13.3. The van der Waals surface area contributed by atoms with E-state index in [0.717, 1.165) is 16.9 Å². The first-order chi connectivity index (χ1) is 23.2. The molecule has 2 N–H and O–H groups in total. The van der Waals surface area contributed by atoms with Crippen LogP contribution >= 0.6 is 0 Å². The molecule has 3 fully saturated rings. The van der Waals surface area contributed by atoms with Crippen molar-refractivity contribution >= 4 is 46.4 Å². The summed E-state index contributed by atoms with van der Waals surface area (Å²) in [5.41, 5.74) is 2.49. The Balaban J connectivity index is 1.18. The van der Waals surface area contributed by atoms with Crippen LogP contribution in [0.15, 0.2) is 115 Å². The molecule has 6 atom stereocenters. The molecule has 4 aliphatic rings. The van der Waals surface area contributed by atoms with Crippen LogP contribution in [-0.2, 0) is 19.2 Å². The van der Waals surface area contributed by atoms with Crippen molar-refractivity contribution in [1.29, 1.82) is 0 Å². The van der Waals surface area contributed by atoms with E-state index >= 15 is 0 Å². The molecular formula is C39H32FN3O5. The van der Waals surface area contributed by atoms with E-state index in [4.69, 9.17) is 0 Å². The molecule has 4 aromatic carbocycles. The zero-order valence-corrected chi connectivity index (χ0v) is 26.0. The van der Waals surface area contributed by atoms with Gasteiger partial charge in [0.1, 0.15) is 0 Å². The zero-order chi connectivity index (χ0) is 33.3. The fourth-order valence-corrected chi connectivity index (χ4v) is 8.56. The van der Waals surface area contributed by atoms with E-state index in [1.165, 1.54) is 21.9 Å². The molecule has 0 aromatic heterocycles. The summed E-state index contributed by atoms with van der Waals surface area (Å²) in [6.45, 7) is 1.75. The molecular weight excluding hydrogens is 609 g/mol. The lowest BCUT2D eigenvalue weighted by molar-refractivity contribution is -0.131. The van der Waals surface area contributed by atoms with Crippen molar-refractivity contribution in [3.63, 3.8) is 0 Å². The summed E-state index contributed by atoms with van der Waals surface area (Å²) in [5, 5.41) is 13.3. The normalized spacial score (nSPS) is 27.8. The summed E-state index contributed by atoms with van der Waals surface area (Å²) in [5.74, 6) is -6.30. The lowest BCUT2D eigenvalue weighted by atomic mass is 9.51. The Kier molecular flexibility index (Phi) is 6.84. The van der Waals surface area contributed by atoms with E-state index in [-0.39, 0.29) is 30.6 Å². The number of nitrogens with one attached hydrogen (secondary N) is 1. The molecule has 8 nitrogen and oxygen atoms in total. The number of phenols is 1. The number of rotatable bonds is 5. The van der Waals surface area contributed by atoms with E-state index in [0.29, 0.717) is 16.9 Å². The quantitative estimate of drug-likeness (QED) is 0.185. The Hall–Kier alpha value is -5.57. The molecule has 2 aliphatic heterocycles. The summed E-state index contributed by atoms with van der Waals surface area (Å²) in [6.07, 6.45) is 2.39. The molecule has 4 amide bonds. The smallest absolute Gasteiger partial charge is 0.241 e. The molecule has 48 heavy (non-hydrogen) atoms. The van der Waals surface area contributed by atoms with Gasteiger partial charge in [-0.3, -0.25) is 24.1 Å². The molecule has 240 valence electrons. The lowest BCUT2D eigenvalue weighted by Crippen LogP contribution is -2.48. The maximum absolute atomic E-state index is 14.9.